The van der Waals surface area contributed by atoms with Crippen LogP contribution in [0.4, 0.5) is 0 Å². The smallest absolute Gasteiger partial charge is 0.249 e. The molecular weight excluding hydrogens is 186 g/mol. The first kappa shape index (κ1) is 11.8. The first-order valence-corrected chi connectivity index (χ1v) is 5.31. The third kappa shape index (κ3) is 3.08. The predicted molar refractivity (Wildman–Crippen MR) is 63.5 cm³/mol. The van der Waals surface area contributed by atoms with Gasteiger partial charge in [-0.2, -0.15) is 0 Å². The van der Waals surface area contributed by atoms with E-state index in [-0.39, 0.29) is 5.91 Å². The highest BCUT2D eigenvalue weighted by Gasteiger charge is 2.11. The largest absolute Gasteiger partial charge is 0.345 e. The third-order valence-corrected chi connectivity index (χ3v) is 2.47. The van der Waals surface area contributed by atoms with Gasteiger partial charge in [0.25, 0.3) is 0 Å². The summed E-state index contributed by atoms with van der Waals surface area (Å²) in [7, 11) is 3.57. The van der Waals surface area contributed by atoms with Gasteiger partial charge >= 0.3 is 0 Å². The first-order valence-electron chi connectivity index (χ1n) is 5.31. The van der Waals surface area contributed by atoms with Gasteiger partial charge in [-0.15, -0.1) is 0 Å². The molecule has 0 aromatic carbocycles. The van der Waals surface area contributed by atoms with Crippen LogP contribution in [0.1, 0.15) is 20.3 Å². The molecule has 0 unspecified atom stereocenters. The second kappa shape index (κ2) is 4.96. The molecule has 1 aliphatic carbocycles. The molecule has 0 spiro atoms. The van der Waals surface area contributed by atoms with E-state index in [1.54, 1.807) is 19.0 Å². The van der Waals surface area contributed by atoms with Gasteiger partial charge in [0, 0.05) is 19.7 Å². The van der Waals surface area contributed by atoms with Crippen molar-refractivity contribution < 1.29 is 4.79 Å². The molecule has 2 heteroatoms. The van der Waals surface area contributed by atoms with Gasteiger partial charge in [0.1, 0.15) is 0 Å². The molecule has 1 amide bonds. The Balaban J connectivity index is 2.88. The van der Waals surface area contributed by atoms with E-state index in [9.17, 15) is 4.79 Å². The first-order chi connectivity index (χ1) is 7.02. The quantitative estimate of drug-likeness (QED) is 0.678. The summed E-state index contributed by atoms with van der Waals surface area (Å²) < 4.78 is 0. The predicted octanol–water partition coefficient (Wildman–Crippen LogP) is 2.54. The molecule has 0 radical (unpaired) electrons. The summed E-state index contributed by atoms with van der Waals surface area (Å²) in [5, 5.41) is 0. The highest BCUT2D eigenvalue weighted by molar-refractivity contribution is 5.93. The van der Waals surface area contributed by atoms with Crippen molar-refractivity contribution in [3.8, 4) is 0 Å². The number of hydrogen-bond acceptors (Lipinski definition) is 1. The van der Waals surface area contributed by atoms with E-state index in [4.69, 9.17) is 0 Å². The van der Waals surface area contributed by atoms with E-state index in [0.717, 1.165) is 12.0 Å². The molecule has 0 aliphatic heterocycles. The van der Waals surface area contributed by atoms with Gasteiger partial charge in [-0.3, -0.25) is 4.79 Å². The molecule has 0 saturated heterocycles. The van der Waals surface area contributed by atoms with E-state index >= 15 is 0 Å². The Labute approximate surface area is 92.0 Å². The van der Waals surface area contributed by atoms with Crippen LogP contribution < -0.4 is 0 Å². The van der Waals surface area contributed by atoms with Crippen molar-refractivity contribution in [3.63, 3.8) is 0 Å². The van der Waals surface area contributed by atoms with Crippen molar-refractivity contribution in [2.45, 2.75) is 20.3 Å². The number of hydrogen-bond donors (Lipinski definition) is 0. The Morgan fingerprint density at radius 1 is 1.33 bits per heavy atom. The third-order valence-electron chi connectivity index (χ3n) is 2.47. The molecule has 0 saturated carbocycles. The zero-order chi connectivity index (χ0) is 11.4. The summed E-state index contributed by atoms with van der Waals surface area (Å²) in [4.78, 5) is 13.3. The van der Waals surface area contributed by atoms with Crippen LogP contribution in [0.25, 0.3) is 0 Å². The minimum atomic E-state index is 0.0981. The number of allylic oxidation sites excluding steroid dienone is 5. The molecule has 0 N–H and O–H groups in total. The lowest BCUT2D eigenvalue weighted by molar-refractivity contribution is -0.124. The van der Waals surface area contributed by atoms with Crippen molar-refractivity contribution in [1.29, 1.82) is 0 Å². The Hall–Kier alpha value is -1.31. The lowest BCUT2D eigenvalue weighted by Gasteiger charge is -2.11. The lowest BCUT2D eigenvalue weighted by Crippen LogP contribution is -2.23. The lowest BCUT2D eigenvalue weighted by atomic mass is 10.0. The molecule has 82 valence electrons. The Kier molecular flexibility index (Phi) is 3.89. The molecular formula is C13H19NO. The number of rotatable bonds is 2. The van der Waals surface area contributed by atoms with E-state index in [1.807, 2.05) is 12.2 Å². The molecule has 0 atom stereocenters. The van der Waals surface area contributed by atoms with Crippen LogP contribution in [0, 0.1) is 5.92 Å². The normalized spacial score (nSPS) is 15.8. The molecule has 0 aromatic heterocycles. The van der Waals surface area contributed by atoms with Gasteiger partial charge in [-0.05, 0) is 17.9 Å². The van der Waals surface area contributed by atoms with Gasteiger partial charge in [-0.1, -0.05) is 38.2 Å². The molecule has 2 nitrogen and oxygen atoms in total. The van der Waals surface area contributed by atoms with Crippen LogP contribution in [-0.4, -0.2) is 24.9 Å². The SMILES string of the molecule is CC(C)C1=CC=C(C(=O)N(C)C)CC=C1. The van der Waals surface area contributed by atoms with Crippen LogP contribution in [-0.2, 0) is 4.79 Å². The molecule has 0 aromatic rings. The topological polar surface area (TPSA) is 20.3 Å². The van der Waals surface area contributed by atoms with Gasteiger partial charge in [0.05, 0.1) is 0 Å². The summed E-state index contributed by atoms with van der Waals surface area (Å²) in [6.45, 7) is 4.31. The van der Waals surface area contributed by atoms with Crippen LogP contribution >= 0.6 is 0 Å². The second-order valence-electron chi connectivity index (χ2n) is 4.32. The molecule has 0 heterocycles. The van der Waals surface area contributed by atoms with E-state index in [2.05, 4.69) is 26.0 Å². The maximum absolute atomic E-state index is 11.7. The van der Waals surface area contributed by atoms with Gasteiger partial charge < -0.3 is 4.90 Å². The fourth-order valence-corrected chi connectivity index (χ4v) is 1.47. The average Bonchev–Trinajstić information content (AvgIpc) is 2.41. The standard InChI is InChI=1S/C13H19NO/c1-10(2)11-6-5-7-12(9-8-11)13(15)14(3)4/h5-6,8-10H,7H2,1-4H3. The monoisotopic (exact) mass is 205 g/mol. The average molecular weight is 205 g/mol. The van der Waals surface area contributed by atoms with E-state index < -0.39 is 0 Å². The van der Waals surface area contributed by atoms with Gasteiger partial charge in [0.2, 0.25) is 5.91 Å². The number of carbonyl (C=O) groups is 1. The van der Waals surface area contributed by atoms with Crippen LogP contribution in [0.3, 0.4) is 0 Å². The number of likely N-dealkylation sites (N-methyl/N-ethyl adjacent to an activating group) is 1. The maximum atomic E-state index is 11.7. The highest BCUT2D eigenvalue weighted by Crippen LogP contribution is 2.18. The number of carbonyl (C=O) groups excluding carboxylic acids is 1. The van der Waals surface area contributed by atoms with Crippen LogP contribution in [0.15, 0.2) is 35.5 Å². The molecule has 0 bridgehead atoms. The summed E-state index contributed by atoms with van der Waals surface area (Å²) in [6, 6.07) is 0. The maximum Gasteiger partial charge on any atom is 0.249 e. The zero-order valence-corrected chi connectivity index (χ0v) is 9.95. The van der Waals surface area contributed by atoms with Crippen molar-refractivity contribution in [2.75, 3.05) is 14.1 Å². The summed E-state index contributed by atoms with van der Waals surface area (Å²) in [5.74, 6) is 0.604. The summed E-state index contributed by atoms with van der Waals surface area (Å²) in [6.07, 6.45) is 8.88. The van der Waals surface area contributed by atoms with Gasteiger partial charge in [-0.25, -0.2) is 0 Å². The Morgan fingerprint density at radius 3 is 2.53 bits per heavy atom. The van der Waals surface area contributed by atoms with Gasteiger partial charge in [0.15, 0.2) is 0 Å². The van der Waals surface area contributed by atoms with Crippen molar-refractivity contribution in [2.24, 2.45) is 5.92 Å². The number of nitrogens with zero attached hydrogens (tertiary/aromatic N) is 1. The van der Waals surface area contributed by atoms with E-state index in [1.165, 1.54) is 5.57 Å². The molecule has 1 rings (SSSR count). The minimum Gasteiger partial charge on any atom is -0.345 e. The van der Waals surface area contributed by atoms with Crippen LogP contribution in [0.5, 0.6) is 0 Å². The fraction of sp³-hybridized carbons (Fsp3) is 0.462. The summed E-state index contributed by atoms with van der Waals surface area (Å²) >= 11 is 0. The Morgan fingerprint density at radius 2 is 2.00 bits per heavy atom. The number of amides is 1. The van der Waals surface area contributed by atoms with Crippen molar-refractivity contribution >= 4 is 5.91 Å². The minimum absolute atomic E-state index is 0.0981. The van der Waals surface area contributed by atoms with Crippen molar-refractivity contribution in [3.05, 3.63) is 35.5 Å². The van der Waals surface area contributed by atoms with Crippen LogP contribution in [0.2, 0.25) is 0 Å². The van der Waals surface area contributed by atoms with Crippen molar-refractivity contribution in [1.82, 2.24) is 4.90 Å². The zero-order valence-electron chi connectivity index (χ0n) is 9.95. The van der Waals surface area contributed by atoms with E-state index in [0.29, 0.717) is 5.92 Å². The Bertz CT molecular complexity index is 332. The molecule has 0 fully saturated rings. The fourth-order valence-electron chi connectivity index (χ4n) is 1.47. The molecule has 15 heavy (non-hydrogen) atoms. The second-order valence-corrected chi connectivity index (χ2v) is 4.32. The summed E-state index contributed by atoms with van der Waals surface area (Å²) in [5.41, 5.74) is 2.13. The molecule has 1 aliphatic rings. The highest BCUT2D eigenvalue weighted by atomic mass is 16.2.